The third-order valence-electron chi connectivity index (χ3n) is 5.31. The molecule has 1 unspecified atom stereocenters. The highest BCUT2D eigenvalue weighted by Gasteiger charge is 2.26. The minimum Gasteiger partial charge on any atom is -0.473 e. The number of hydrogen-bond acceptors (Lipinski definition) is 4. The predicted octanol–water partition coefficient (Wildman–Crippen LogP) is 4.80. The number of halogens is 2. The first-order chi connectivity index (χ1) is 15.9. The molecule has 0 saturated heterocycles. The van der Waals surface area contributed by atoms with Gasteiger partial charge in [0.15, 0.2) is 11.6 Å². The summed E-state index contributed by atoms with van der Waals surface area (Å²) in [7, 11) is 0. The maximum atomic E-state index is 13.8. The van der Waals surface area contributed by atoms with Gasteiger partial charge in [0.1, 0.15) is 12.6 Å². The van der Waals surface area contributed by atoms with E-state index >= 15 is 0 Å². The van der Waals surface area contributed by atoms with E-state index in [1.54, 1.807) is 22.9 Å². The summed E-state index contributed by atoms with van der Waals surface area (Å²) in [4.78, 5) is 21.4. The maximum Gasteiger partial charge on any atom is 0.243 e. The van der Waals surface area contributed by atoms with Gasteiger partial charge in [0.25, 0.3) is 0 Å². The molecule has 0 aliphatic carbocycles. The van der Waals surface area contributed by atoms with E-state index in [1.807, 2.05) is 44.2 Å². The first-order valence-electron chi connectivity index (χ1n) is 10.6. The molecular formula is C25H24F2N4O2. The van der Waals surface area contributed by atoms with Crippen LogP contribution in [0.3, 0.4) is 0 Å². The predicted molar refractivity (Wildman–Crippen MR) is 120 cm³/mol. The highest BCUT2D eigenvalue weighted by molar-refractivity contribution is 5.84. The number of aromatic nitrogens is 3. The molecule has 1 amide bonds. The summed E-state index contributed by atoms with van der Waals surface area (Å²) in [5.74, 6) is -1.85. The van der Waals surface area contributed by atoms with Crippen LogP contribution in [0.4, 0.5) is 8.78 Å². The topological polar surface area (TPSA) is 69.0 Å². The maximum absolute atomic E-state index is 13.8. The van der Waals surface area contributed by atoms with Crippen LogP contribution in [0.1, 0.15) is 31.0 Å². The van der Waals surface area contributed by atoms with Gasteiger partial charge < -0.3 is 14.6 Å². The summed E-state index contributed by atoms with van der Waals surface area (Å²) in [5, 5.41) is 2.92. The van der Waals surface area contributed by atoms with Gasteiger partial charge in [-0.15, -0.1) is 0 Å². The van der Waals surface area contributed by atoms with Crippen molar-refractivity contribution in [3.8, 4) is 5.88 Å². The van der Waals surface area contributed by atoms with Crippen LogP contribution in [0, 0.1) is 17.6 Å². The smallest absolute Gasteiger partial charge is 0.243 e. The second-order valence-electron chi connectivity index (χ2n) is 8.09. The third kappa shape index (κ3) is 5.16. The van der Waals surface area contributed by atoms with Crippen molar-refractivity contribution in [2.75, 3.05) is 0 Å². The van der Waals surface area contributed by atoms with Crippen molar-refractivity contribution in [2.45, 2.75) is 33.0 Å². The number of imidazole rings is 1. The fourth-order valence-corrected chi connectivity index (χ4v) is 3.66. The van der Waals surface area contributed by atoms with Crippen molar-refractivity contribution < 1.29 is 18.3 Å². The Labute approximate surface area is 190 Å². The van der Waals surface area contributed by atoms with Crippen LogP contribution in [0.5, 0.6) is 5.88 Å². The summed E-state index contributed by atoms with van der Waals surface area (Å²) in [6, 6.07) is 14.8. The highest BCUT2D eigenvalue weighted by atomic mass is 19.2. The van der Waals surface area contributed by atoms with Gasteiger partial charge in [0.05, 0.1) is 17.4 Å². The zero-order chi connectivity index (χ0) is 23.4. The molecule has 2 aromatic heterocycles. The Morgan fingerprint density at radius 2 is 1.79 bits per heavy atom. The van der Waals surface area contributed by atoms with Gasteiger partial charge in [0, 0.05) is 30.9 Å². The van der Waals surface area contributed by atoms with Crippen molar-refractivity contribution in [2.24, 2.45) is 5.92 Å². The number of carbonyl (C=O) groups is 1. The van der Waals surface area contributed by atoms with E-state index in [2.05, 4.69) is 15.3 Å². The molecule has 0 aliphatic rings. The fraction of sp³-hybridized carbons (Fsp3) is 0.240. The van der Waals surface area contributed by atoms with Gasteiger partial charge in [-0.3, -0.25) is 4.79 Å². The van der Waals surface area contributed by atoms with Crippen LogP contribution >= 0.6 is 0 Å². The van der Waals surface area contributed by atoms with Gasteiger partial charge in [-0.25, -0.2) is 18.7 Å². The number of benzene rings is 2. The van der Waals surface area contributed by atoms with Crippen molar-refractivity contribution in [3.63, 3.8) is 0 Å². The number of nitrogens with one attached hydrogen (secondary N) is 1. The molecule has 2 heterocycles. The van der Waals surface area contributed by atoms with Crippen LogP contribution in [0.2, 0.25) is 0 Å². The Morgan fingerprint density at radius 3 is 2.55 bits per heavy atom. The molecule has 4 aromatic rings. The van der Waals surface area contributed by atoms with Crippen molar-refractivity contribution >= 4 is 16.9 Å². The number of hydrogen-bond donors (Lipinski definition) is 1. The average Bonchev–Trinajstić information content (AvgIpc) is 3.19. The van der Waals surface area contributed by atoms with E-state index in [1.165, 1.54) is 6.33 Å². The Bertz CT molecular complexity index is 1260. The Morgan fingerprint density at radius 1 is 1.03 bits per heavy atom. The Hall–Kier alpha value is -3.81. The number of ether oxygens (including phenoxy) is 1. The minimum atomic E-state index is -0.980. The lowest BCUT2D eigenvalue weighted by molar-refractivity contribution is -0.125. The molecule has 4 rings (SSSR count). The van der Waals surface area contributed by atoms with Gasteiger partial charge in [-0.2, -0.15) is 0 Å². The normalized spacial score (nSPS) is 12.2. The van der Waals surface area contributed by atoms with Gasteiger partial charge in [-0.05, 0) is 23.1 Å². The summed E-state index contributed by atoms with van der Waals surface area (Å²) in [5.41, 5.74) is 2.51. The zero-order valence-electron chi connectivity index (χ0n) is 18.3. The lowest BCUT2D eigenvalue weighted by atomic mass is 10.0. The van der Waals surface area contributed by atoms with Crippen molar-refractivity contribution in [1.82, 2.24) is 19.9 Å². The van der Waals surface area contributed by atoms with Crippen LogP contribution in [0.15, 0.2) is 67.1 Å². The number of pyridine rings is 1. The van der Waals surface area contributed by atoms with Gasteiger partial charge in [0.2, 0.25) is 11.8 Å². The van der Waals surface area contributed by atoms with E-state index < -0.39 is 17.7 Å². The van der Waals surface area contributed by atoms with E-state index in [-0.39, 0.29) is 18.4 Å². The molecule has 0 saturated carbocycles. The van der Waals surface area contributed by atoms with E-state index in [4.69, 9.17) is 4.74 Å². The molecular weight excluding hydrogens is 426 g/mol. The highest BCUT2D eigenvalue weighted by Crippen LogP contribution is 2.26. The SMILES string of the molecule is CC(C)C(C(=O)NCc1ccnc(OCc2ccccc2)c1)n1cnc2cc(F)c(F)cc21. The molecule has 1 atom stereocenters. The first-order valence-corrected chi connectivity index (χ1v) is 10.6. The lowest BCUT2D eigenvalue weighted by Gasteiger charge is -2.22. The summed E-state index contributed by atoms with van der Waals surface area (Å²) >= 11 is 0. The van der Waals surface area contributed by atoms with Crippen LogP contribution < -0.4 is 10.1 Å². The molecule has 8 heteroatoms. The van der Waals surface area contributed by atoms with E-state index in [0.29, 0.717) is 23.5 Å². The molecule has 0 fully saturated rings. The van der Waals surface area contributed by atoms with Gasteiger partial charge in [-0.1, -0.05) is 44.2 Å². The second kappa shape index (κ2) is 9.77. The molecule has 170 valence electrons. The summed E-state index contributed by atoms with van der Waals surface area (Å²) in [6.45, 7) is 4.43. The Kier molecular flexibility index (Phi) is 6.63. The second-order valence-corrected chi connectivity index (χ2v) is 8.09. The van der Waals surface area contributed by atoms with Gasteiger partial charge >= 0.3 is 0 Å². The van der Waals surface area contributed by atoms with Crippen LogP contribution in [-0.4, -0.2) is 20.4 Å². The number of fused-ring (bicyclic) bond motifs is 1. The van der Waals surface area contributed by atoms with Crippen LogP contribution in [0.25, 0.3) is 11.0 Å². The van der Waals surface area contributed by atoms with Crippen molar-refractivity contribution in [1.29, 1.82) is 0 Å². The number of rotatable bonds is 8. The fourth-order valence-electron chi connectivity index (χ4n) is 3.66. The monoisotopic (exact) mass is 450 g/mol. The molecule has 6 nitrogen and oxygen atoms in total. The third-order valence-corrected chi connectivity index (χ3v) is 5.31. The molecule has 0 radical (unpaired) electrons. The first kappa shape index (κ1) is 22.4. The zero-order valence-corrected chi connectivity index (χ0v) is 18.3. The quantitative estimate of drug-likeness (QED) is 0.419. The minimum absolute atomic E-state index is 0.113. The average molecular weight is 450 g/mol. The molecule has 0 spiro atoms. The largest absolute Gasteiger partial charge is 0.473 e. The van der Waals surface area contributed by atoms with E-state index in [9.17, 15) is 13.6 Å². The summed E-state index contributed by atoms with van der Waals surface area (Å²) < 4.78 is 34.7. The number of amides is 1. The van der Waals surface area contributed by atoms with E-state index in [0.717, 1.165) is 23.3 Å². The lowest BCUT2D eigenvalue weighted by Crippen LogP contribution is -2.34. The molecule has 1 N–H and O–H groups in total. The number of carbonyl (C=O) groups excluding carboxylic acids is 1. The number of nitrogens with zero attached hydrogens (tertiary/aromatic N) is 3. The standard InChI is InChI=1S/C25H24F2N4O2/c1-16(2)24(31-15-30-21-11-19(26)20(27)12-22(21)31)25(32)29-13-18-8-9-28-23(10-18)33-14-17-6-4-3-5-7-17/h3-12,15-16,24H,13-14H2,1-2H3,(H,29,32). The Balaban J connectivity index is 1.45. The van der Waals surface area contributed by atoms with Crippen molar-refractivity contribution in [3.05, 3.63) is 89.9 Å². The molecule has 2 aromatic carbocycles. The molecule has 0 bridgehead atoms. The summed E-state index contributed by atoms with van der Waals surface area (Å²) in [6.07, 6.45) is 3.07. The van der Waals surface area contributed by atoms with Crippen LogP contribution in [-0.2, 0) is 17.9 Å². The molecule has 33 heavy (non-hydrogen) atoms. The molecule has 0 aliphatic heterocycles.